The van der Waals surface area contributed by atoms with Crippen molar-refractivity contribution in [3.63, 3.8) is 0 Å². The molecule has 0 N–H and O–H groups in total. The average Bonchev–Trinajstić information content (AvgIpc) is 2.52. The number of rotatable bonds is 5. The summed E-state index contributed by atoms with van der Waals surface area (Å²) in [6, 6.07) is 1.15. The molecule has 4 heteroatoms. The van der Waals surface area contributed by atoms with Gasteiger partial charge in [-0.05, 0) is 32.0 Å². The highest BCUT2D eigenvalue weighted by Gasteiger charge is 2.23. The van der Waals surface area contributed by atoms with Crippen LogP contribution in [-0.2, 0) is 9.22 Å². The Morgan fingerprint density at radius 1 is 1.50 bits per heavy atom. The van der Waals surface area contributed by atoms with Crippen LogP contribution in [0, 0.1) is 0 Å². The second-order valence-corrected chi connectivity index (χ2v) is 8.98. The van der Waals surface area contributed by atoms with Gasteiger partial charge in [0.25, 0.3) is 0 Å². The topological polar surface area (TPSA) is 29.5 Å². The summed E-state index contributed by atoms with van der Waals surface area (Å²) in [6.45, 7) is 6.34. The third-order valence-corrected chi connectivity index (χ3v) is 5.59. The SMILES string of the molecule is CO[Si](C)(C)CCCN1CCCC1=O. The minimum absolute atomic E-state index is 0.335. The zero-order chi connectivity index (χ0) is 10.6. The molecule has 1 amide bonds. The molecular formula is C10H21NO2Si. The molecule has 3 nitrogen and oxygen atoms in total. The number of nitrogens with zero attached hydrogens (tertiary/aromatic N) is 1. The van der Waals surface area contributed by atoms with Crippen LogP contribution in [0.4, 0.5) is 0 Å². The molecule has 0 atom stereocenters. The van der Waals surface area contributed by atoms with Crippen LogP contribution in [-0.4, -0.2) is 39.3 Å². The van der Waals surface area contributed by atoms with Crippen molar-refractivity contribution < 1.29 is 9.22 Å². The van der Waals surface area contributed by atoms with Gasteiger partial charge in [-0.3, -0.25) is 4.79 Å². The van der Waals surface area contributed by atoms with E-state index in [1.54, 1.807) is 7.11 Å². The summed E-state index contributed by atoms with van der Waals surface area (Å²) in [5.41, 5.74) is 0. The lowest BCUT2D eigenvalue weighted by Gasteiger charge is -2.22. The maximum Gasteiger partial charge on any atom is 0.222 e. The molecule has 0 spiro atoms. The maximum atomic E-state index is 11.3. The van der Waals surface area contributed by atoms with E-state index in [-0.39, 0.29) is 0 Å². The van der Waals surface area contributed by atoms with Crippen LogP contribution >= 0.6 is 0 Å². The van der Waals surface area contributed by atoms with Crippen molar-refractivity contribution in [1.29, 1.82) is 0 Å². The van der Waals surface area contributed by atoms with Gasteiger partial charge < -0.3 is 9.33 Å². The fourth-order valence-electron chi connectivity index (χ4n) is 1.74. The molecule has 14 heavy (non-hydrogen) atoms. The molecule has 1 fully saturated rings. The van der Waals surface area contributed by atoms with E-state index in [9.17, 15) is 4.79 Å². The normalized spacial score (nSPS) is 17.9. The van der Waals surface area contributed by atoms with E-state index < -0.39 is 8.32 Å². The molecule has 82 valence electrons. The van der Waals surface area contributed by atoms with Gasteiger partial charge in [0.2, 0.25) is 5.91 Å². The van der Waals surface area contributed by atoms with E-state index in [0.29, 0.717) is 5.91 Å². The second kappa shape index (κ2) is 4.93. The third kappa shape index (κ3) is 3.42. The fourth-order valence-corrected chi connectivity index (χ4v) is 2.95. The Morgan fingerprint density at radius 3 is 2.71 bits per heavy atom. The van der Waals surface area contributed by atoms with E-state index in [0.717, 1.165) is 38.4 Å². The molecule has 1 aliphatic rings. The monoisotopic (exact) mass is 215 g/mol. The van der Waals surface area contributed by atoms with E-state index in [1.807, 2.05) is 4.90 Å². The molecule has 1 aliphatic heterocycles. The number of hydrogen-bond acceptors (Lipinski definition) is 2. The Hall–Kier alpha value is -0.353. The van der Waals surface area contributed by atoms with Gasteiger partial charge in [-0.25, -0.2) is 0 Å². The number of hydrogen-bond donors (Lipinski definition) is 0. The molecule has 0 aromatic carbocycles. The Morgan fingerprint density at radius 2 is 2.21 bits per heavy atom. The van der Waals surface area contributed by atoms with Crippen molar-refractivity contribution >= 4 is 14.2 Å². The maximum absolute atomic E-state index is 11.3. The quantitative estimate of drug-likeness (QED) is 0.655. The van der Waals surface area contributed by atoms with Crippen molar-refractivity contribution in [2.24, 2.45) is 0 Å². The molecule has 1 heterocycles. The molecule has 0 bridgehead atoms. The summed E-state index contributed by atoms with van der Waals surface area (Å²) in [5, 5.41) is 0. The molecule has 0 radical (unpaired) electrons. The summed E-state index contributed by atoms with van der Waals surface area (Å²) in [7, 11) is 0.390. The van der Waals surface area contributed by atoms with Gasteiger partial charge in [0, 0.05) is 26.6 Å². The van der Waals surface area contributed by atoms with Crippen molar-refractivity contribution in [3.05, 3.63) is 0 Å². The molecule has 0 unspecified atom stereocenters. The number of carbonyl (C=O) groups excluding carboxylic acids is 1. The van der Waals surface area contributed by atoms with Crippen LogP contribution < -0.4 is 0 Å². The summed E-state index contributed by atoms with van der Waals surface area (Å²) in [6.07, 6.45) is 2.90. The van der Waals surface area contributed by atoms with Gasteiger partial charge in [0.15, 0.2) is 8.32 Å². The lowest BCUT2D eigenvalue weighted by Crippen LogP contribution is -2.31. The molecule has 0 saturated carbocycles. The van der Waals surface area contributed by atoms with Crippen molar-refractivity contribution in [2.45, 2.75) is 38.4 Å². The van der Waals surface area contributed by atoms with Crippen LogP contribution in [0.5, 0.6) is 0 Å². The van der Waals surface area contributed by atoms with Crippen molar-refractivity contribution in [2.75, 3.05) is 20.2 Å². The van der Waals surface area contributed by atoms with Crippen LogP contribution in [0.15, 0.2) is 0 Å². The standard InChI is InChI=1S/C10H21NO2Si/c1-13-14(2,3)9-5-8-11-7-4-6-10(11)12/h4-9H2,1-3H3. The lowest BCUT2D eigenvalue weighted by molar-refractivity contribution is -0.127. The molecule has 0 aromatic rings. The predicted molar refractivity (Wildman–Crippen MR) is 59.7 cm³/mol. The first-order chi connectivity index (χ1) is 6.55. The third-order valence-electron chi connectivity index (χ3n) is 2.93. The second-order valence-electron chi connectivity index (χ2n) is 4.55. The van der Waals surface area contributed by atoms with Gasteiger partial charge in [-0.1, -0.05) is 0 Å². The first kappa shape index (κ1) is 11.7. The highest BCUT2D eigenvalue weighted by molar-refractivity contribution is 6.71. The van der Waals surface area contributed by atoms with Gasteiger partial charge in [0.05, 0.1) is 0 Å². The van der Waals surface area contributed by atoms with Crippen LogP contribution in [0.3, 0.4) is 0 Å². The molecule has 0 aliphatic carbocycles. The summed E-state index contributed by atoms with van der Waals surface area (Å²) in [5.74, 6) is 0.335. The zero-order valence-electron chi connectivity index (χ0n) is 9.51. The van der Waals surface area contributed by atoms with Gasteiger partial charge in [-0.2, -0.15) is 0 Å². The largest absolute Gasteiger partial charge is 0.420 e. The number of likely N-dealkylation sites (tertiary alicyclic amines) is 1. The number of amides is 1. The van der Waals surface area contributed by atoms with Gasteiger partial charge >= 0.3 is 0 Å². The highest BCUT2D eigenvalue weighted by Crippen LogP contribution is 2.15. The van der Waals surface area contributed by atoms with Crippen molar-refractivity contribution in [3.8, 4) is 0 Å². The van der Waals surface area contributed by atoms with E-state index in [2.05, 4.69) is 13.1 Å². The summed E-state index contributed by atoms with van der Waals surface area (Å²) in [4.78, 5) is 13.3. The van der Waals surface area contributed by atoms with Crippen LogP contribution in [0.2, 0.25) is 19.1 Å². The lowest BCUT2D eigenvalue weighted by atomic mass is 10.4. The smallest absolute Gasteiger partial charge is 0.222 e. The highest BCUT2D eigenvalue weighted by atomic mass is 28.4. The van der Waals surface area contributed by atoms with Gasteiger partial charge in [0.1, 0.15) is 0 Å². The van der Waals surface area contributed by atoms with Crippen molar-refractivity contribution in [1.82, 2.24) is 4.90 Å². The molecule has 1 saturated heterocycles. The Balaban J connectivity index is 2.18. The minimum atomic E-state index is -1.41. The fraction of sp³-hybridized carbons (Fsp3) is 0.900. The predicted octanol–water partition coefficient (Wildman–Crippen LogP) is 1.85. The first-order valence-corrected chi connectivity index (χ1v) is 8.50. The van der Waals surface area contributed by atoms with Crippen LogP contribution in [0.25, 0.3) is 0 Å². The zero-order valence-corrected chi connectivity index (χ0v) is 10.5. The Bertz CT molecular complexity index is 206. The summed E-state index contributed by atoms with van der Waals surface area (Å²) < 4.78 is 5.46. The minimum Gasteiger partial charge on any atom is -0.420 e. The Kier molecular flexibility index (Phi) is 4.13. The van der Waals surface area contributed by atoms with Crippen LogP contribution in [0.1, 0.15) is 19.3 Å². The summed E-state index contributed by atoms with van der Waals surface area (Å²) >= 11 is 0. The molecule has 1 rings (SSSR count). The van der Waals surface area contributed by atoms with E-state index in [1.165, 1.54) is 0 Å². The first-order valence-electron chi connectivity index (χ1n) is 5.38. The molecule has 0 aromatic heterocycles. The van der Waals surface area contributed by atoms with E-state index >= 15 is 0 Å². The van der Waals surface area contributed by atoms with E-state index in [4.69, 9.17) is 4.43 Å². The van der Waals surface area contributed by atoms with Gasteiger partial charge in [-0.15, -0.1) is 0 Å². The average molecular weight is 215 g/mol. The number of carbonyl (C=O) groups is 1. The Labute approximate surface area is 87.6 Å². The molecular weight excluding hydrogens is 194 g/mol.